The maximum absolute atomic E-state index is 12.4. The highest BCUT2D eigenvalue weighted by atomic mass is 19.3. The molecule has 96 valence electrons. The molecule has 0 fully saturated rings. The van der Waals surface area contributed by atoms with Crippen LogP contribution >= 0.6 is 0 Å². The second-order valence-corrected chi connectivity index (χ2v) is 4.13. The Morgan fingerprint density at radius 3 is 2.72 bits per heavy atom. The molecule has 1 heterocycles. The summed E-state index contributed by atoms with van der Waals surface area (Å²) in [5, 5.41) is 0.967. The zero-order chi connectivity index (χ0) is 13.1. The average molecular weight is 251 g/mol. The molecule has 0 saturated heterocycles. The van der Waals surface area contributed by atoms with E-state index >= 15 is 0 Å². The highest BCUT2D eigenvalue weighted by Crippen LogP contribution is 2.22. The molecule has 0 aliphatic rings. The second-order valence-electron chi connectivity index (χ2n) is 4.13. The zero-order valence-electron chi connectivity index (χ0n) is 10.1. The number of para-hydroxylation sites is 1. The van der Waals surface area contributed by atoms with Crippen molar-refractivity contribution in [2.45, 2.75) is 13.0 Å². The van der Waals surface area contributed by atoms with E-state index in [2.05, 4.69) is 4.98 Å². The Morgan fingerprint density at radius 2 is 2.06 bits per heavy atom. The first-order chi connectivity index (χ1) is 8.61. The number of hydrogen-bond acceptors (Lipinski definition) is 3. The molecule has 0 spiro atoms. The lowest BCUT2D eigenvalue weighted by Crippen LogP contribution is -2.25. The quantitative estimate of drug-likeness (QED) is 0.907. The number of benzene rings is 1. The number of halogens is 2. The highest BCUT2D eigenvalue weighted by molar-refractivity contribution is 5.84. The highest BCUT2D eigenvalue weighted by Gasteiger charge is 2.12. The summed E-state index contributed by atoms with van der Waals surface area (Å²) in [7, 11) is 1.60. The van der Waals surface area contributed by atoms with Crippen LogP contribution in [-0.4, -0.2) is 25.0 Å². The van der Waals surface area contributed by atoms with Crippen LogP contribution in [0.4, 0.5) is 14.6 Å². The predicted molar refractivity (Wildman–Crippen MR) is 68.9 cm³/mol. The van der Waals surface area contributed by atoms with Gasteiger partial charge in [-0.1, -0.05) is 18.2 Å². The maximum atomic E-state index is 12.4. The third kappa shape index (κ3) is 2.56. The summed E-state index contributed by atoms with van der Waals surface area (Å²) in [5.41, 5.74) is 7.38. The Hall–Kier alpha value is -1.75. The smallest absolute Gasteiger partial charge is 0.255 e. The summed E-state index contributed by atoms with van der Waals surface area (Å²) < 4.78 is 24.7. The van der Waals surface area contributed by atoms with E-state index in [1.165, 1.54) is 4.90 Å². The van der Waals surface area contributed by atoms with E-state index in [-0.39, 0.29) is 6.54 Å². The molecule has 0 atom stereocenters. The molecule has 0 aliphatic heterocycles. The molecule has 0 bridgehead atoms. The molecule has 2 aromatic rings. The number of aromatic nitrogens is 1. The summed E-state index contributed by atoms with van der Waals surface area (Å²) in [5.74, 6) is 0.523. The molecule has 18 heavy (non-hydrogen) atoms. The summed E-state index contributed by atoms with van der Waals surface area (Å²) in [4.78, 5) is 5.81. The van der Waals surface area contributed by atoms with Gasteiger partial charge in [0.2, 0.25) is 0 Å². The third-order valence-corrected chi connectivity index (χ3v) is 2.81. The lowest BCUT2D eigenvalue weighted by Gasteiger charge is -2.19. The molecule has 2 rings (SSSR count). The van der Waals surface area contributed by atoms with Crippen LogP contribution in [0.15, 0.2) is 30.3 Å². The van der Waals surface area contributed by atoms with Crippen LogP contribution in [0.2, 0.25) is 0 Å². The predicted octanol–water partition coefficient (Wildman–Crippen LogP) is 2.39. The lowest BCUT2D eigenvalue weighted by atomic mass is 10.1. The van der Waals surface area contributed by atoms with E-state index in [0.717, 1.165) is 16.5 Å². The number of rotatable bonds is 4. The summed E-state index contributed by atoms with van der Waals surface area (Å²) >= 11 is 0. The van der Waals surface area contributed by atoms with E-state index in [1.54, 1.807) is 13.1 Å². The molecular formula is C13H15F2N3. The molecule has 0 amide bonds. The van der Waals surface area contributed by atoms with Gasteiger partial charge in [0.1, 0.15) is 5.82 Å². The fourth-order valence-electron chi connectivity index (χ4n) is 1.90. The van der Waals surface area contributed by atoms with Crippen molar-refractivity contribution in [3.05, 3.63) is 35.9 Å². The van der Waals surface area contributed by atoms with Crippen molar-refractivity contribution in [2.75, 3.05) is 18.5 Å². The Bertz CT molecular complexity index is 543. The van der Waals surface area contributed by atoms with Gasteiger partial charge < -0.3 is 10.6 Å². The van der Waals surface area contributed by atoms with E-state index in [9.17, 15) is 8.78 Å². The van der Waals surface area contributed by atoms with E-state index in [0.29, 0.717) is 12.4 Å². The van der Waals surface area contributed by atoms with Crippen LogP contribution in [0.25, 0.3) is 10.9 Å². The second kappa shape index (κ2) is 5.27. The number of nitrogens with two attached hydrogens (primary N) is 1. The van der Waals surface area contributed by atoms with Gasteiger partial charge in [0.05, 0.1) is 12.1 Å². The molecule has 0 saturated carbocycles. The molecule has 0 aliphatic carbocycles. The van der Waals surface area contributed by atoms with Crippen LogP contribution < -0.4 is 10.6 Å². The largest absolute Gasteiger partial charge is 0.354 e. The fourth-order valence-corrected chi connectivity index (χ4v) is 1.90. The number of anilines is 1. The molecule has 1 aromatic heterocycles. The van der Waals surface area contributed by atoms with Crippen LogP contribution in [0, 0.1) is 0 Å². The van der Waals surface area contributed by atoms with Crippen molar-refractivity contribution >= 4 is 16.7 Å². The molecule has 0 unspecified atom stereocenters. The fraction of sp³-hybridized carbons (Fsp3) is 0.308. The molecule has 1 aromatic carbocycles. The Kier molecular flexibility index (Phi) is 3.72. The first kappa shape index (κ1) is 12.7. The number of hydrogen-bond donors (Lipinski definition) is 1. The Balaban J connectivity index is 2.46. The summed E-state index contributed by atoms with van der Waals surface area (Å²) in [6.07, 6.45) is -2.38. The number of fused-ring (bicyclic) bond motifs is 1. The average Bonchev–Trinajstić information content (AvgIpc) is 2.36. The molecule has 0 radical (unpaired) electrons. The molecule has 3 nitrogen and oxygen atoms in total. The maximum Gasteiger partial charge on any atom is 0.255 e. The van der Waals surface area contributed by atoms with Gasteiger partial charge in [0.25, 0.3) is 6.43 Å². The Labute approximate surface area is 104 Å². The molecule has 5 heteroatoms. The number of pyridine rings is 1. The van der Waals surface area contributed by atoms with Gasteiger partial charge in [-0.25, -0.2) is 13.8 Å². The van der Waals surface area contributed by atoms with Crippen LogP contribution in [0.5, 0.6) is 0 Å². The third-order valence-electron chi connectivity index (χ3n) is 2.81. The van der Waals surface area contributed by atoms with Crippen molar-refractivity contribution in [3.8, 4) is 0 Å². The van der Waals surface area contributed by atoms with Crippen molar-refractivity contribution < 1.29 is 8.78 Å². The van der Waals surface area contributed by atoms with Gasteiger partial charge in [0.15, 0.2) is 0 Å². The van der Waals surface area contributed by atoms with E-state index < -0.39 is 6.43 Å². The summed E-state index contributed by atoms with van der Waals surface area (Å²) in [6.45, 7) is 0.0217. The minimum atomic E-state index is -2.38. The van der Waals surface area contributed by atoms with Crippen LogP contribution in [0.3, 0.4) is 0 Å². The number of alkyl halides is 2. The van der Waals surface area contributed by atoms with Crippen molar-refractivity contribution in [2.24, 2.45) is 5.73 Å². The van der Waals surface area contributed by atoms with Gasteiger partial charge in [-0.3, -0.25) is 0 Å². The summed E-state index contributed by atoms with van der Waals surface area (Å²) in [6, 6.07) is 9.33. The first-order valence-electron chi connectivity index (χ1n) is 5.70. The van der Waals surface area contributed by atoms with Gasteiger partial charge in [-0.15, -0.1) is 0 Å². The standard InChI is InChI=1S/C13H15F2N3/c1-18(8-12(14)15)13-6-9(7-16)10-4-2-3-5-11(10)17-13/h2-6,12H,7-8,16H2,1H3. The molecular weight excluding hydrogens is 236 g/mol. The normalized spacial score (nSPS) is 11.2. The van der Waals surface area contributed by atoms with Crippen LogP contribution in [0.1, 0.15) is 5.56 Å². The van der Waals surface area contributed by atoms with Gasteiger partial charge >= 0.3 is 0 Å². The van der Waals surface area contributed by atoms with Gasteiger partial charge in [0, 0.05) is 19.0 Å². The molecule has 2 N–H and O–H groups in total. The SMILES string of the molecule is CN(CC(F)F)c1cc(CN)c2ccccc2n1. The lowest BCUT2D eigenvalue weighted by molar-refractivity contribution is 0.156. The van der Waals surface area contributed by atoms with Crippen molar-refractivity contribution in [1.82, 2.24) is 4.98 Å². The van der Waals surface area contributed by atoms with Crippen molar-refractivity contribution in [3.63, 3.8) is 0 Å². The Morgan fingerprint density at radius 1 is 1.33 bits per heavy atom. The van der Waals surface area contributed by atoms with Gasteiger partial charge in [-0.2, -0.15) is 0 Å². The van der Waals surface area contributed by atoms with E-state index in [4.69, 9.17) is 5.73 Å². The first-order valence-corrected chi connectivity index (χ1v) is 5.70. The minimum Gasteiger partial charge on any atom is -0.354 e. The van der Waals surface area contributed by atoms with Crippen molar-refractivity contribution in [1.29, 1.82) is 0 Å². The topological polar surface area (TPSA) is 42.1 Å². The monoisotopic (exact) mass is 251 g/mol. The number of nitrogens with zero attached hydrogens (tertiary/aromatic N) is 2. The van der Waals surface area contributed by atoms with Crippen LogP contribution in [-0.2, 0) is 6.54 Å². The van der Waals surface area contributed by atoms with Gasteiger partial charge in [-0.05, 0) is 17.7 Å². The zero-order valence-corrected chi connectivity index (χ0v) is 10.1. The van der Waals surface area contributed by atoms with E-state index in [1.807, 2.05) is 24.3 Å². The minimum absolute atomic E-state index is 0.338.